The molecule has 0 aliphatic carbocycles. The largest absolute Gasteiger partial charge is 0.329 e. The van der Waals surface area contributed by atoms with Gasteiger partial charge >= 0.3 is 6.03 Å². The number of hydrogen-bond donors (Lipinski definition) is 2. The molecule has 8 nitrogen and oxygen atoms in total. The molecule has 0 radical (unpaired) electrons. The summed E-state index contributed by atoms with van der Waals surface area (Å²) < 4.78 is 1.65. The number of nitrogens with one attached hydrogen (secondary N) is 2. The van der Waals surface area contributed by atoms with Crippen LogP contribution in [-0.2, 0) is 11.8 Å². The third kappa shape index (κ3) is 3.56. The zero-order valence-corrected chi connectivity index (χ0v) is 14.4. The fourth-order valence-corrected chi connectivity index (χ4v) is 3.34. The lowest BCUT2D eigenvalue weighted by Crippen LogP contribution is -2.54. The Morgan fingerprint density at radius 1 is 1.50 bits per heavy atom. The molecule has 9 heteroatoms. The third-order valence-electron chi connectivity index (χ3n) is 3.89. The Kier molecular flexibility index (Phi) is 4.79. The molecule has 1 saturated heterocycles. The zero-order chi connectivity index (χ0) is 17.1. The van der Waals surface area contributed by atoms with E-state index in [1.165, 1.54) is 11.3 Å². The molecule has 3 amide bonds. The van der Waals surface area contributed by atoms with E-state index in [0.29, 0.717) is 18.8 Å². The number of piperidine rings is 1. The lowest BCUT2D eigenvalue weighted by Gasteiger charge is -2.31. The van der Waals surface area contributed by atoms with Gasteiger partial charge in [0, 0.05) is 37.4 Å². The molecule has 128 valence electrons. The minimum atomic E-state index is -0.538. The first-order chi connectivity index (χ1) is 11.5. The second-order valence-electron chi connectivity index (χ2n) is 5.74. The molecule has 3 rings (SSSR count). The van der Waals surface area contributed by atoms with Crippen LogP contribution in [0.4, 0.5) is 10.6 Å². The lowest BCUT2D eigenvalue weighted by molar-refractivity contribution is -0.121. The third-order valence-corrected chi connectivity index (χ3v) is 4.85. The SMILES string of the molecule is C[C@H](NC(=O)N[C@@H]1CCCN(c2ccn(C)n2)C1=O)c1nccs1. The molecule has 2 atom stereocenters. The smallest absolute Gasteiger partial charge is 0.315 e. The van der Waals surface area contributed by atoms with Crippen LogP contribution < -0.4 is 15.5 Å². The van der Waals surface area contributed by atoms with Crippen LogP contribution in [-0.4, -0.2) is 39.3 Å². The molecule has 2 aromatic heterocycles. The van der Waals surface area contributed by atoms with Crippen molar-refractivity contribution >= 4 is 29.1 Å². The van der Waals surface area contributed by atoms with Gasteiger partial charge < -0.3 is 10.6 Å². The van der Waals surface area contributed by atoms with Gasteiger partial charge in [-0.2, -0.15) is 5.10 Å². The van der Waals surface area contributed by atoms with E-state index in [4.69, 9.17) is 0 Å². The van der Waals surface area contributed by atoms with Crippen LogP contribution in [0.2, 0.25) is 0 Å². The van der Waals surface area contributed by atoms with Gasteiger partial charge in [-0.3, -0.25) is 14.4 Å². The van der Waals surface area contributed by atoms with E-state index < -0.39 is 6.04 Å². The van der Waals surface area contributed by atoms with Gasteiger partial charge in [-0.25, -0.2) is 9.78 Å². The minimum absolute atomic E-state index is 0.128. The maximum atomic E-state index is 12.6. The average molecular weight is 348 g/mol. The number of nitrogens with zero attached hydrogens (tertiary/aromatic N) is 4. The molecule has 1 aliphatic rings. The Morgan fingerprint density at radius 3 is 3.00 bits per heavy atom. The summed E-state index contributed by atoms with van der Waals surface area (Å²) in [5, 5.41) is 12.5. The van der Waals surface area contributed by atoms with Crippen LogP contribution in [0.5, 0.6) is 0 Å². The standard InChI is InChI=1S/C15H20N6O2S/c1-10(13-16-6-9-24-13)17-15(23)18-11-4-3-7-21(14(11)22)12-5-8-20(2)19-12/h5-6,8-11H,3-4,7H2,1-2H3,(H2,17,18,23)/t10-,11+/m0/s1. The van der Waals surface area contributed by atoms with Crippen molar-refractivity contribution in [3.63, 3.8) is 0 Å². The predicted molar refractivity (Wildman–Crippen MR) is 90.8 cm³/mol. The maximum Gasteiger partial charge on any atom is 0.315 e. The van der Waals surface area contributed by atoms with Gasteiger partial charge in [-0.05, 0) is 19.8 Å². The van der Waals surface area contributed by atoms with Crippen molar-refractivity contribution in [3.8, 4) is 0 Å². The summed E-state index contributed by atoms with van der Waals surface area (Å²) in [4.78, 5) is 30.6. The molecule has 2 N–H and O–H groups in total. The summed E-state index contributed by atoms with van der Waals surface area (Å²) in [6.45, 7) is 2.48. The molecular formula is C15H20N6O2S. The highest BCUT2D eigenvalue weighted by Gasteiger charge is 2.32. The minimum Gasteiger partial charge on any atom is -0.329 e. The van der Waals surface area contributed by atoms with Gasteiger partial charge in [0.15, 0.2) is 5.82 Å². The molecule has 24 heavy (non-hydrogen) atoms. The van der Waals surface area contributed by atoms with Gasteiger partial charge in [0.25, 0.3) is 5.91 Å². The van der Waals surface area contributed by atoms with Crippen LogP contribution in [0.3, 0.4) is 0 Å². The fraction of sp³-hybridized carbons (Fsp3) is 0.467. The van der Waals surface area contributed by atoms with Crippen molar-refractivity contribution in [1.29, 1.82) is 0 Å². The van der Waals surface area contributed by atoms with Gasteiger partial charge in [0.1, 0.15) is 11.0 Å². The summed E-state index contributed by atoms with van der Waals surface area (Å²) in [6.07, 6.45) is 4.93. The maximum absolute atomic E-state index is 12.6. The van der Waals surface area contributed by atoms with E-state index >= 15 is 0 Å². The van der Waals surface area contributed by atoms with Crippen molar-refractivity contribution in [2.45, 2.75) is 31.8 Å². The van der Waals surface area contributed by atoms with Crippen LogP contribution in [0.15, 0.2) is 23.8 Å². The summed E-state index contributed by atoms with van der Waals surface area (Å²) in [7, 11) is 1.81. The molecule has 1 fully saturated rings. The summed E-state index contributed by atoms with van der Waals surface area (Å²) in [5.74, 6) is 0.488. The Morgan fingerprint density at radius 2 is 2.33 bits per heavy atom. The Bertz CT molecular complexity index is 713. The number of urea groups is 1. The van der Waals surface area contributed by atoms with E-state index in [9.17, 15) is 9.59 Å². The molecule has 0 saturated carbocycles. The van der Waals surface area contributed by atoms with Crippen molar-refractivity contribution in [3.05, 3.63) is 28.8 Å². The number of aryl methyl sites for hydroxylation is 1. The number of aromatic nitrogens is 3. The molecule has 0 unspecified atom stereocenters. The Labute approximate surface area is 143 Å². The first-order valence-corrected chi connectivity index (χ1v) is 8.70. The molecule has 1 aliphatic heterocycles. The number of thiazole rings is 1. The predicted octanol–water partition coefficient (Wildman–Crippen LogP) is 1.43. The monoisotopic (exact) mass is 348 g/mol. The van der Waals surface area contributed by atoms with Crippen LogP contribution >= 0.6 is 11.3 Å². The van der Waals surface area contributed by atoms with Gasteiger partial charge in [-0.1, -0.05) is 0 Å². The second-order valence-corrected chi connectivity index (χ2v) is 6.67. The fourth-order valence-electron chi connectivity index (χ4n) is 2.69. The number of amides is 3. The molecular weight excluding hydrogens is 328 g/mol. The van der Waals surface area contributed by atoms with Crippen molar-refractivity contribution in [2.75, 3.05) is 11.4 Å². The highest BCUT2D eigenvalue weighted by Crippen LogP contribution is 2.19. The number of hydrogen-bond acceptors (Lipinski definition) is 5. The summed E-state index contributed by atoms with van der Waals surface area (Å²) >= 11 is 1.48. The molecule has 0 bridgehead atoms. The number of anilines is 1. The number of carbonyl (C=O) groups excluding carboxylic acids is 2. The highest BCUT2D eigenvalue weighted by atomic mass is 32.1. The molecule has 0 spiro atoms. The molecule has 3 heterocycles. The first kappa shape index (κ1) is 16.4. The average Bonchev–Trinajstić information content (AvgIpc) is 3.21. The summed E-state index contributed by atoms with van der Waals surface area (Å²) in [6, 6.07) is 0.698. The lowest BCUT2D eigenvalue weighted by atomic mass is 10.1. The number of rotatable bonds is 4. The molecule has 2 aromatic rings. The van der Waals surface area contributed by atoms with Crippen molar-refractivity contribution < 1.29 is 9.59 Å². The van der Waals surface area contributed by atoms with Gasteiger partial charge in [-0.15, -0.1) is 11.3 Å². The highest BCUT2D eigenvalue weighted by molar-refractivity contribution is 7.09. The van der Waals surface area contributed by atoms with E-state index in [-0.39, 0.29) is 18.0 Å². The van der Waals surface area contributed by atoms with Gasteiger partial charge in [0.2, 0.25) is 0 Å². The Balaban J connectivity index is 1.60. The van der Waals surface area contributed by atoms with Crippen molar-refractivity contribution in [2.24, 2.45) is 7.05 Å². The van der Waals surface area contributed by atoms with E-state index in [1.54, 1.807) is 35.1 Å². The Hall–Kier alpha value is -2.42. The normalized spacial score (nSPS) is 19.2. The second kappa shape index (κ2) is 7.00. The molecule has 0 aromatic carbocycles. The zero-order valence-electron chi connectivity index (χ0n) is 13.6. The van der Waals surface area contributed by atoms with E-state index in [2.05, 4.69) is 20.7 Å². The van der Waals surface area contributed by atoms with E-state index in [1.807, 2.05) is 12.3 Å². The quantitative estimate of drug-likeness (QED) is 0.874. The topological polar surface area (TPSA) is 92.2 Å². The van der Waals surface area contributed by atoms with Crippen LogP contribution in [0.1, 0.15) is 30.8 Å². The first-order valence-electron chi connectivity index (χ1n) is 7.82. The van der Waals surface area contributed by atoms with Gasteiger partial charge in [0.05, 0.1) is 6.04 Å². The van der Waals surface area contributed by atoms with Crippen LogP contribution in [0, 0.1) is 0 Å². The van der Waals surface area contributed by atoms with Crippen LogP contribution in [0.25, 0.3) is 0 Å². The number of carbonyl (C=O) groups is 2. The van der Waals surface area contributed by atoms with E-state index in [0.717, 1.165) is 11.4 Å². The summed E-state index contributed by atoms with van der Waals surface area (Å²) in [5.41, 5.74) is 0. The van der Waals surface area contributed by atoms with Crippen molar-refractivity contribution in [1.82, 2.24) is 25.4 Å².